The van der Waals surface area contributed by atoms with Crippen molar-refractivity contribution >= 4 is 17.3 Å². The number of carbonyl (C=O) groups is 1. The van der Waals surface area contributed by atoms with Crippen LogP contribution in [0.5, 0.6) is 0 Å². The first-order chi connectivity index (χ1) is 19.7. The highest BCUT2D eigenvalue weighted by Crippen LogP contribution is 2.43. The van der Waals surface area contributed by atoms with Crippen LogP contribution in [0.15, 0.2) is 61.2 Å². The molecule has 2 aliphatic rings. The Balaban J connectivity index is 1.31. The molecule has 4 aromatic rings. The van der Waals surface area contributed by atoms with Crippen LogP contribution in [0, 0.1) is 6.92 Å². The monoisotopic (exact) mass is 553 g/mol. The molecule has 2 aromatic carbocycles. The average Bonchev–Trinajstić information content (AvgIpc) is 3.42. The van der Waals surface area contributed by atoms with Crippen LogP contribution in [0.3, 0.4) is 0 Å². The van der Waals surface area contributed by atoms with Gasteiger partial charge < -0.3 is 14.4 Å². The fourth-order valence-electron chi connectivity index (χ4n) is 6.18. The maximum atomic E-state index is 12.8. The van der Waals surface area contributed by atoms with Crippen molar-refractivity contribution in [1.29, 1.82) is 0 Å². The van der Waals surface area contributed by atoms with E-state index in [2.05, 4.69) is 65.4 Å². The van der Waals surface area contributed by atoms with Gasteiger partial charge in [0.25, 0.3) is 0 Å². The summed E-state index contributed by atoms with van der Waals surface area (Å²) in [7, 11) is 0. The lowest BCUT2D eigenvalue weighted by molar-refractivity contribution is -0.0298. The van der Waals surface area contributed by atoms with Crippen molar-refractivity contribution in [3.8, 4) is 11.3 Å². The van der Waals surface area contributed by atoms with Crippen LogP contribution < -0.4 is 0 Å². The largest absolute Gasteiger partial charge is 0.444 e. The Kier molecular flexibility index (Phi) is 7.28. The molecule has 2 fully saturated rings. The summed E-state index contributed by atoms with van der Waals surface area (Å²) in [6, 6.07) is 17.5. The van der Waals surface area contributed by atoms with Gasteiger partial charge >= 0.3 is 6.09 Å². The molecule has 1 atom stereocenters. The highest BCUT2D eigenvalue weighted by Gasteiger charge is 2.40. The minimum atomic E-state index is -0.510. The second kappa shape index (κ2) is 10.9. The van der Waals surface area contributed by atoms with Gasteiger partial charge in [-0.15, -0.1) is 0 Å². The van der Waals surface area contributed by atoms with Crippen LogP contribution >= 0.6 is 0 Å². The summed E-state index contributed by atoms with van der Waals surface area (Å²) in [6.45, 7) is 9.88. The van der Waals surface area contributed by atoms with Gasteiger partial charge in [0.1, 0.15) is 29.4 Å². The third-order valence-corrected chi connectivity index (χ3v) is 8.41. The number of piperidine rings is 1. The molecule has 2 aliphatic heterocycles. The Morgan fingerprint density at radius 3 is 2.27 bits per heavy atom. The molecule has 0 radical (unpaired) electrons. The zero-order valence-corrected chi connectivity index (χ0v) is 24.5. The highest BCUT2D eigenvalue weighted by atomic mass is 16.6. The van der Waals surface area contributed by atoms with Crippen LogP contribution in [0.25, 0.3) is 22.4 Å². The highest BCUT2D eigenvalue weighted by molar-refractivity contribution is 5.87. The van der Waals surface area contributed by atoms with Gasteiger partial charge in [0.05, 0.1) is 6.33 Å². The summed E-state index contributed by atoms with van der Waals surface area (Å²) in [5, 5.41) is 0. The second-order valence-corrected chi connectivity index (χ2v) is 12.4. The summed E-state index contributed by atoms with van der Waals surface area (Å²) in [5.41, 5.74) is 6.44. The van der Waals surface area contributed by atoms with Gasteiger partial charge in [0.15, 0.2) is 5.65 Å². The molecule has 0 spiro atoms. The molecule has 2 aromatic heterocycles. The van der Waals surface area contributed by atoms with E-state index in [1.54, 1.807) is 6.33 Å². The van der Waals surface area contributed by atoms with Crippen molar-refractivity contribution in [3.05, 3.63) is 77.9 Å². The smallest absolute Gasteiger partial charge is 0.410 e. The van der Waals surface area contributed by atoms with Crippen LogP contribution in [0.1, 0.15) is 75.8 Å². The predicted molar refractivity (Wildman–Crippen MR) is 159 cm³/mol. The topological polar surface area (TPSA) is 82.4 Å². The van der Waals surface area contributed by atoms with Crippen molar-refractivity contribution in [3.63, 3.8) is 0 Å². The first kappa shape index (κ1) is 27.4. The van der Waals surface area contributed by atoms with Crippen LogP contribution in [-0.4, -0.2) is 55.8 Å². The normalized spacial score (nSPS) is 19.3. The number of imidazole rings is 1. The maximum absolute atomic E-state index is 12.8. The van der Waals surface area contributed by atoms with E-state index in [0.29, 0.717) is 13.1 Å². The van der Waals surface area contributed by atoms with E-state index in [0.717, 1.165) is 61.1 Å². The molecule has 0 aliphatic carbocycles. The zero-order valence-electron chi connectivity index (χ0n) is 24.5. The van der Waals surface area contributed by atoms with Gasteiger partial charge in [-0.1, -0.05) is 54.1 Å². The summed E-state index contributed by atoms with van der Waals surface area (Å²) in [5.74, 6) is 0. The Morgan fingerprint density at radius 1 is 0.951 bits per heavy atom. The first-order valence-corrected chi connectivity index (χ1v) is 14.7. The summed E-state index contributed by atoms with van der Waals surface area (Å²) < 4.78 is 13.7. The van der Waals surface area contributed by atoms with Gasteiger partial charge in [-0.3, -0.25) is 4.57 Å². The summed E-state index contributed by atoms with van der Waals surface area (Å²) >= 11 is 0. The van der Waals surface area contributed by atoms with Crippen molar-refractivity contribution in [2.24, 2.45) is 0 Å². The quantitative estimate of drug-likeness (QED) is 0.276. The van der Waals surface area contributed by atoms with Crippen molar-refractivity contribution in [2.75, 3.05) is 19.7 Å². The number of fused-ring (bicyclic) bond motifs is 1. The van der Waals surface area contributed by atoms with Crippen LogP contribution in [0.2, 0.25) is 0 Å². The number of aryl methyl sites for hydroxylation is 1. The van der Waals surface area contributed by atoms with E-state index in [-0.39, 0.29) is 17.7 Å². The number of amides is 1. The molecule has 8 heteroatoms. The Hall–Kier alpha value is -3.78. The van der Waals surface area contributed by atoms with Crippen LogP contribution in [0.4, 0.5) is 4.79 Å². The third kappa shape index (κ3) is 5.45. The number of aromatic nitrogens is 4. The Morgan fingerprint density at radius 2 is 1.63 bits per heavy atom. The number of benzene rings is 2. The van der Waals surface area contributed by atoms with Crippen molar-refractivity contribution < 1.29 is 14.3 Å². The molecule has 0 bridgehead atoms. The molecule has 0 saturated carbocycles. The van der Waals surface area contributed by atoms with Gasteiger partial charge in [0, 0.05) is 30.7 Å². The van der Waals surface area contributed by atoms with Gasteiger partial charge in [-0.25, -0.2) is 19.7 Å². The van der Waals surface area contributed by atoms with Gasteiger partial charge in [-0.05, 0) is 70.9 Å². The number of likely N-dealkylation sites (tertiary alicyclic amines) is 1. The summed E-state index contributed by atoms with van der Waals surface area (Å²) in [4.78, 5) is 28.6. The zero-order chi connectivity index (χ0) is 28.6. The fraction of sp³-hybridized carbons (Fsp3) is 0.455. The fourth-order valence-corrected chi connectivity index (χ4v) is 6.18. The molecular weight excluding hydrogens is 514 g/mol. The van der Waals surface area contributed by atoms with E-state index in [1.807, 2.05) is 36.6 Å². The Labute approximate surface area is 241 Å². The van der Waals surface area contributed by atoms with Crippen molar-refractivity contribution in [2.45, 2.75) is 77.0 Å². The average molecular weight is 554 g/mol. The summed E-state index contributed by atoms with van der Waals surface area (Å²) in [6.07, 6.45) is 8.02. The third-order valence-electron chi connectivity index (χ3n) is 8.41. The number of ether oxygens (including phenoxy) is 2. The lowest BCUT2D eigenvalue weighted by Gasteiger charge is -2.43. The lowest BCUT2D eigenvalue weighted by Crippen LogP contribution is -2.47. The number of hydrogen-bond donors (Lipinski definition) is 0. The number of rotatable bonds is 4. The molecule has 0 N–H and O–H groups in total. The number of hydrogen-bond acceptors (Lipinski definition) is 6. The molecule has 214 valence electrons. The first-order valence-electron chi connectivity index (χ1n) is 14.7. The molecule has 2 saturated heterocycles. The van der Waals surface area contributed by atoms with E-state index in [1.165, 1.54) is 16.7 Å². The SMILES string of the molecule is Cc1ccc(C2(c3ccc(-c4ncnc5c4ncn5C4CCCCO4)cc3)CCN(C(=O)OC(C)(C)C)CC2)cc1. The lowest BCUT2D eigenvalue weighted by atomic mass is 9.68. The maximum Gasteiger partial charge on any atom is 0.410 e. The van der Waals surface area contributed by atoms with E-state index >= 15 is 0 Å². The van der Waals surface area contributed by atoms with E-state index < -0.39 is 5.60 Å². The minimum Gasteiger partial charge on any atom is -0.444 e. The predicted octanol–water partition coefficient (Wildman–Crippen LogP) is 6.82. The molecule has 8 nitrogen and oxygen atoms in total. The Bertz CT molecular complexity index is 1510. The van der Waals surface area contributed by atoms with Crippen LogP contribution in [-0.2, 0) is 14.9 Å². The molecule has 41 heavy (non-hydrogen) atoms. The van der Waals surface area contributed by atoms with E-state index in [4.69, 9.17) is 14.5 Å². The van der Waals surface area contributed by atoms with Gasteiger partial charge in [-0.2, -0.15) is 0 Å². The molecule has 1 unspecified atom stereocenters. The molecule has 6 rings (SSSR count). The van der Waals surface area contributed by atoms with Crippen molar-refractivity contribution in [1.82, 2.24) is 24.4 Å². The number of nitrogens with zero attached hydrogens (tertiary/aromatic N) is 5. The molecule has 1 amide bonds. The minimum absolute atomic E-state index is 0.0280. The second-order valence-electron chi connectivity index (χ2n) is 12.4. The molecule has 4 heterocycles. The van der Waals surface area contributed by atoms with E-state index in [9.17, 15) is 4.79 Å². The van der Waals surface area contributed by atoms with Gasteiger partial charge in [0.2, 0.25) is 0 Å². The molecular formula is C33H39N5O3. The number of carbonyl (C=O) groups excluding carboxylic acids is 1. The standard InChI is InChI=1S/C33H39N5O3/c1-23-8-12-25(13-9-23)33(16-18-37(19-17-33)31(39)41-32(2,3)4)26-14-10-24(11-15-26)28-29-30(35-21-34-28)38(22-36-29)27-7-5-6-20-40-27/h8-15,21-22,27H,5-7,16-20H2,1-4H3.